The summed E-state index contributed by atoms with van der Waals surface area (Å²) in [6, 6.07) is -1.05. The number of hydrogen-bond acceptors (Lipinski definition) is 10. The Labute approximate surface area is 466 Å². The predicted octanol–water partition coefficient (Wildman–Crippen LogP) is 15.2. The van der Waals surface area contributed by atoms with Gasteiger partial charge in [0, 0.05) is 12.8 Å². The Morgan fingerprint density at radius 3 is 1.36 bits per heavy atom. The number of nitrogens with one attached hydrogen (secondary N) is 1. The highest BCUT2D eigenvalue weighted by Gasteiger charge is 2.47. The summed E-state index contributed by atoms with van der Waals surface area (Å²) in [5, 5.41) is 56.8. The number of aliphatic hydroxyl groups is 5. The van der Waals surface area contributed by atoms with Gasteiger partial charge in [-0.05, 0) is 64.2 Å². The van der Waals surface area contributed by atoms with E-state index >= 15 is 0 Å². The maximum absolute atomic E-state index is 13.3. The first-order chi connectivity index (χ1) is 37.2. The SMILES string of the molecule is CCCCCCCC/C=C\C/C=C/CC(O)C(=O)NC(COC1OC(CO)C(O)C(O)C1OC(=O)CCCCCCCCCCCCCCC/C=C/CCCCCCCC)C(O)/C=C/CCCCCCCCCCCC. The molecule has 0 aliphatic carbocycles. The van der Waals surface area contributed by atoms with E-state index in [-0.39, 0.29) is 19.4 Å². The van der Waals surface area contributed by atoms with Crippen molar-refractivity contribution in [2.45, 2.75) is 339 Å². The monoisotopic (exact) mass is 1070 g/mol. The maximum atomic E-state index is 13.3. The number of carbonyl (C=O) groups excluding carboxylic acids is 2. The van der Waals surface area contributed by atoms with Gasteiger partial charge in [-0.25, -0.2) is 0 Å². The second kappa shape index (κ2) is 53.3. The Kier molecular flexibility index (Phi) is 50.2. The van der Waals surface area contributed by atoms with Crippen molar-refractivity contribution >= 4 is 11.9 Å². The Balaban J connectivity index is 2.62. The second-order valence-electron chi connectivity index (χ2n) is 22.1. The van der Waals surface area contributed by atoms with Crippen LogP contribution in [0.1, 0.15) is 290 Å². The van der Waals surface area contributed by atoms with Crippen LogP contribution >= 0.6 is 0 Å². The normalized spacial score (nSPS) is 19.4. The summed E-state index contributed by atoms with van der Waals surface area (Å²) < 4.78 is 17.6. The zero-order valence-electron chi connectivity index (χ0n) is 49.1. The van der Waals surface area contributed by atoms with Gasteiger partial charge in [0.2, 0.25) is 5.91 Å². The van der Waals surface area contributed by atoms with E-state index in [1.54, 1.807) is 12.2 Å². The number of rotatable bonds is 54. The van der Waals surface area contributed by atoms with E-state index < -0.39 is 67.4 Å². The van der Waals surface area contributed by atoms with Gasteiger partial charge >= 0.3 is 5.97 Å². The maximum Gasteiger partial charge on any atom is 0.306 e. The molecule has 0 aromatic rings. The van der Waals surface area contributed by atoms with E-state index in [0.717, 1.165) is 44.9 Å². The zero-order chi connectivity index (χ0) is 55.4. The molecule has 0 saturated carbocycles. The molecule has 0 aromatic carbocycles. The quantitative estimate of drug-likeness (QED) is 0.0195. The van der Waals surface area contributed by atoms with E-state index in [4.69, 9.17) is 14.2 Å². The van der Waals surface area contributed by atoms with Crippen molar-refractivity contribution in [3.8, 4) is 0 Å². The van der Waals surface area contributed by atoms with Crippen LogP contribution in [-0.2, 0) is 23.8 Å². The van der Waals surface area contributed by atoms with Crippen LogP contribution in [0.25, 0.3) is 0 Å². The highest BCUT2D eigenvalue weighted by atomic mass is 16.7. The van der Waals surface area contributed by atoms with Crippen LogP contribution in [0.15, 0.2) is 48.6 Å². The molecule has 0 aromatic heterocycles. The minimum absolute atomic E-state index is 0.0830. The third kappa shape index (κ3) is 40.8. The van der Waals surface area contributed by atoms with Crippen LogP contribution in [0.3, 0.4) is 0 Å². The summed E-state index contributed by atoms with van der Waals surface area (Å²) in [4.78, 5) is 26.5. The molecular formula is C65H119NO10. The fourth-order valence-corrected chi connectivity index (χ4v) is 9.87. The molecule has 1 saturated heterocycles. The van der Waals surface area contributed by atoms with Gasteiger partial charge in [0.05, 0.1) is 25.4 Å². The van der Waals surface area contributed by atoms with Crippen LogP contribution in [-0.4, -0.2) is 99.6 Å². The van der Waals surface area contributed by atoms with Crippen molar-refractivity contribution in [3.63, 3.8) is 0 Å². The molecular weight excluding hydrogens is 955 g/mol. The van der Waals surface area contributed by atoms with Crippen molar-refractivity contribution in [2.75, 3.05) is 13.2 Å². The lowest BCUT2D eigenvalue weighted by molar-refractivity contribution is -0.305. The Hall–Kier alpha value is -2.38. The molecule has 1 fully saturated rings. The number of unbranched alkanes of at least 4 members (excludes halogenated alkanes) is 35. The summed E-state index contributed by atoms with van der Waals surface area (Å²) >= 11 is 0. The first-order valence-electron chi connectivity index (χ1n) is 31.9. The number of amides is 1. The van der Waals surface area contributed by atoms with Crippen molar-refractivity contribution in [3.05, 3.63) is 48.6 Å². The van der Waals surface area contributed by atoms with E-state index in [2.05, 4.69) is 50.4 Å². The van der Waals surface area contributed by atoms with Gasteiger partial charge < -0.3 is 45.1 Å². The molecule has 8 atom stereocenters. The van der Waals surface area contributed by atoms with Gasteiger partial charge in [-0.3, -0.25) is 9.59 Å². The van der Waals surface area contributed by atoms with Crippen LogP contribution in [0, 0.1) is 0 Å². The number of allylic oxidation sites excluding steroid dienone is 6. The Bertz CT molecular complexity index is 1420. The largest absolute Gasteiger partial charge is 0.454 e. The Morgan fingerprint density at radius 1 is 0.513 bits per heavy atom. The van der Waals surface area contributed by atoms with Crippen molar-refractivity contribution < 1.29 is 49.3 Å². The molecule has 6 N–H and O–H groups in total. The lowest BCUT2D eigenvalue weighted by Crippen LogP contribution is -2.61. The van der Waals surface area contributed by atoms with Crippen LogP contribution < -0.4 is 5.32 Å². The van der Waals surface area contributed by atoms with Crippen LogP contribution in [0.5, 0.6) is 0 Å². The van der Waals surface area contributed by atoms with E-state index in [9.17, 15) is 35.1 Å². The minimum atomic E-state index is -1.62. The fourth-order valence-electron chi connectivity index (χ4n) is 9.87. The van der Waals surface area contributed by atoms with Gasteiger partial charge in [0.15, 0.2) is 12.4 Å². The molecule has 1 aliphatic heterocycles. The Morgan fingerprint density at radius 2 is 0.908 bits per heavy atom. The molecule has 444 valence electrons. The van der Waals surface area contributed by atoms with Crippen LogP contribution in [0.4, 0.5) is 0 Å². The summed E-state index contributed by atoms with van der Waals surface area (Å²) in [6.45, 7) is 5.75. The lowest BCUT2D eigenvalue weighted by Gasteiger charge is -2.41. The van der Waals surface area contributed by atoms with Crippen molar-refractivity contribution in [2.24, 2.45) is 0 Å². The fraction of sp³-hybridized carbons (Fsp3) is 0.846. The summed E-state index contributed by atoms with van der Waals surface area (Å²) in [6.07, 6.45) is 54.7. The third-order valence-electron chi connectivity index (χ3n) is 15.0. The molecule has 8 unspecified atom stereocenters. The number of carbonyl (C=O) groups is 2. The summed E-state index contributed by atoms with van der Waals surface area (Å²) in [7, 11) is 0. The van der Waals surface area contributed by atoms with Gasteiger partial charge in [0.1, 0.15) is 24.4 Å². The standard InChI is InChI=1S/C65H119NO10/c1-4-7-10-13-16-19-22-25-26-27-28-29-30-31-32-33-34-35-38-41-44-47-50-53-60(70)76-63-62(72)61(71)59(54-67)75-65(63)74-55-56(57(68)51-48-45-42-39-36-23-20-17-14-11-8-5-2)66-64(73)58(69)52-49-46-43-40-37-24-21-18-15-12-9-6-3/h25-26,37,40,46,48-49,51,56-59,61-63,65,67-69,71-72H,4-24,27-36,38-39,41-45,47,50,52-55H2,1-3H3,(H,66,73)/b26-25+,40-37-,49-46+,51-48+. The first-order valence-corrected chi connectivity index (χ1v) is 31.9. The molecule has 0 spiro atoms. The van der Waals surface area contributed by atoms with Crippen molar-refractivity contribution in [1.82, 2.24) is 5.32 Å². The molecule has 0 radical (unpaired) electrons. The lowest BCUT2D eigenvalue weighted by atomic mass is 9.99. The zero-order valence-corrected chi connectivity index (χ0v) is 49.1. The first kappa shape index (κ1) is 71.6. The van der Waals surface area contributed by atoms with Gasteiger partial charge in [-0.1, -0.05) is 262 Å². The highest BCUT2D eigenvalue weighted by Crippen LogP contribution is 2.26. The predicted molar refractivity (Wildman–Crippen MR) is 315 cm³/mol. The van der Waals surface area contributed by atoms with E-state index in [1.165, 1.54) is 199 Å². The summed E-state index contributed by atoms with van der Waals surface area (Å²) in [5.74, 6) is -1.26. The van der Waals surface area contributed by atoms with Gasteiger partial charge in [-0.2, -0.15) is 0 Å². The average molecular weight is 1070 g/mol. The van der Waals surface area contributed by atoms with E-state index in [0.29, 0.717) is 12.8 Å². The van der Waals surface area contributed by atoms with E-state index in [1.807, 2.05) is 12.2 Å². The molecule has 0 bridgehead atoms. The molecule has 1 rings (SSSR count). The molecule has 11 nitrogen and oxygen atoms in total. The number of ether oxygens (including phenoxy) is 3. The molecule has 76 heavy (non-hydrogen) atoms. The minimum Gasteiger partial charge on any atom is -0.454 e. The van der Waals surface area contributed by atoms with Crippen LogP contribution in [0.2, 0.25) is 0 Å². The topological polar surface area (TPSA) is 175 Å². The van der Waals surface area contributed by atoms with Crippen molar-refractivity contribution in [1.29, 1.82) is 0 Å². The summed E-state index contributed by atoms with van der Waals surface area (Å²) in [5.41, 5.74) is 0. The third-order valence-corrected chi connectivity index (χ3v) is 15.0. The van der Waals surface area contributed by atoms with Gasteiger partial charge in [-0.15, -0.1) is 0 Å². The molecule has 11 heteroatoms. The smallest absolute Gasteiger partial charge is 0.306 e. The molecule has 1 aliphatic rings. The number of esters is 1. The molecule has 1 heterocycles. The highest BCUT2D eigenvalue weighted by molar-refractivity contribution is 5.81. The second-order valence-corrected chi connectivity index (χ2v) is 22.1. The average Bonchev–Trinajstić information content (AvgIpc) is 3.42. The number of hydrogen-bond donors (Lipinski definition) is 6. The number of aliphatic hydroxyl groups excluding tert-OH is 5. The van der Waals surface area contributed by atoms with Gasteiger partial charge in [0.25, 0.3) is 0 Å². The molecule has 1 amide bonds.